The summed E-state index contributed by atoms with van der Waals surface area (Å²) in [6.45, 7) is 1.10. The van der Waals surface area contributed by atoms with Crippen LogP contribution in [-0.4, -0.2) is 57.5 Å². The zero-order valence-electron chi connectivity index (χ0n) is 21.6. The average molecular weight is 510 g/mol. The van der Waals surface area contributed by atoms with Crippen LogP contribution in [0.25, 0.3) is 5.76 Å². The Morgan fingerprint density at radius 2 is 1.78 bits per heavy atom. The van der Waals surface area contributed by atoms with Crippen LogP contribution in [0.5, 0.6) is 5.75 Å². The van der Waals surface area contributed by atoms with Crippen molar-refractivity contribution in [2.24, 2.45) is 17.8 Å². The molecule has 0 spiro atoms. The summed E-state index contributed by atoms with van der Waals surface area (Å²) in [5.74, 6) is -4.45. The first-order valence-electron chi connectivity index (χ1n) is 13.2. The quantitative estimate of drug-likeness (QED) is 0.441. The Morgan fingerprint density at radius 3 is 2.41 bits per heavy atom. The van der Waals surface area contributed by atoms with Crippen molar-refractivity contribution in [3.8, 4) is 5.75 Å². The second kappa shape index (κ2) is 9.01. The largest absolute Gasteiger partial charge is 0.508 e. The molecular weight excluding hydrogens is 474 g/mol. The number of hydrogen-bond acceptors (Lipinski definition) is 8. The van der Waals surface area contributed by atoms with Crippen molar-refractivity contribution in [3.63, 3.8) is 0 Å². The Labute approximate surface area is 216 Å². The molecule has 4 N–H and O–H groups in total. The number of hydrogen-bond donors (Lipinski definition) is 4. The zero-order chi connectivity index (χ0) is 26.8. The lowest BCUT2D eigenvalue weighted by Gasteiger charge is -2.46. The van der Waals surface area contributed by atoms with Gasteiger partial charge in [-0.05, 0) is 61.6 Å². The highest BCUT2D eigenvalue weighted by Crippen LogP contribution is 2.53. The van der Waals surface area contributed by atoms with Gasteiger partial charge in [-0.15, -0.1) is 0 Å². The molecule has 4 aliphatic rings. The van der Waals surface area contributed by atoms with Crippen molar-refractivity contribution in [2.75, 3.05) is 19.0 Å². The van der Waals surface area contributed by atoms with Crippen LogP contribution in [0, 0.1) is 17.8 Å². The molecule has 8 nitrogen and oxygen atoms in total. The first-order chi connectivity index (χ1) is 17.5. The maximum atomic E-state index is 13.8. The monoisotopic (exact) mass is 509 g/mol. The fourth-order valence-electron chi connectivity index (χ4n) is 7.08. The van der Waals surface area contributed by atoms with E-state index in [9.17, 15) is 34.8 Å². The highest BCUT2D eigenvalue weighted by Gasteiger charge is 2.60. The Kier molecular flexibility index (Phi) is 6.21. The lowest BCUT2D eigenvalue weighted by atomic mass is 9.59. The summed E-state index contributed by atoms with van der Waals surface area (Å²) < 4.78 is 0. The summed E-state index contributed by atoms with van der Waals surface area (Å²) in [6.07, 6.45) is 6.63. The molecular formula is C29H35NO7. The Morgan fingerprint density at radius 1 is 1.11 bits per heavy atom. The lowest BCUT2D eigenvalue weighted by molar-refractivity contribution is -0.147. The van der Waals surface area contributed by atoms with Crippen LogP contribution in [0.15, 0.2) is 23.0 Å². The normalized spacial score (nSPS) is 27.8. The molecule has 0 bridgehead atoms. The molecule has 8 heteroatoms. The summed E-state index contributed by atoms with van der Waals surface area (Å²) >= 11 is 0. The minimum atomic E-state index is -2.47. The van der Waals surface area contributed by atoms with Gasteiger partial charge in [-0.25, -0.2) is 0 Å². The van der Waals surface area contributed by atoms with Crippen LogP contribution < -0.4 is 4.90 Å². The van der Waals surface area contributed by atoms with Crippen molar-refractivity contribution in [3.05, 3.63) is 39.7 Å². The molecule has 37 heavy (non-hydrogen) atoms. The zero-order valence-corrected chi connectivity index (χ0v) is 21.6. The van der Waals surface area contributed by atoms with Gasteiger partial charge in [-0.1, -0.05) is 25.7 Å². The Hall–Kier alpha value is -3.13. The van der Waals surface area contributed by atoms with E-state index in [4.69, 9.17) is 0 Å². The van der Waals surface area contributed by atoms with E-state index in [2.05, 4.69) is 0 Å². The molecule has 1 aromatic rings. The van der Waals surface area contributed by atoms with E-state index in [0.29, 0.717) is 29.9 Å². The number of fused-ring (bicyclic) bond motifs is 3. The van der Waals surface area contributed by atoms with Crippen molar-refractivity contribution in [2.45, 2.75) is 70.3 Å². The number of benzene rings is 1. The van der Waals surface area contributed by atoms with E-state index < -0.39 is 51.9 Å². The number of anilines is 1. The molecule has 0 aliphatic heterocycles. The third kappa shape index (κ3) is 3.79. The number of rotatable bonds is 5. The van der Waals surface area contributed by atoms with E-state index in [1.165, 1.54) is 25.7 Å². The SMILES string of the molecule is CC(=O)C1=C(O)[C@@]2(O)C(=O)C3=C(O)c4c(O)c(CCC5CCCC5)cc(N(C)C)c4C[C@H]3C[C@H]2CC1=O. The highest BCUT2D eigenvalue weighted by atomic mass is 16.3. The number of aryl methyl sites for hydroxylation is 1. The molecule has 0 radical (unpaired) electrons. The van der Waals surface area contributed by atoms with Gasteiger partial charge in [0.05, 0.1) is 5.56 Å². The minimum absolute atomic E-state index is 0.0630. The Bertz CT molecular complexity index is 1270. The number of ketones is 3. The maximum Gasteiger partial charge on any atom is 0.202 e. The van der Waals surface area contributed by atoms with Crippen LogP contribution in [0.2, 0.25) is 0 Å². The van der Waals surface area contributed by atoms with Crippen molar-refractivity contribution < 1.29 is 34.8 Å². The molecule has 5 rings (SSSR count). The smallest absolute Gasteiger partial charge is 0.202 e. The van der Waals surface area contributed by atoms with Crippen LogP contribution in [0.1, 0.15) is 68.6 Å². The van der Waals surface area contributed by atoms with E-state index in [-0.39, 0.29) is 29.7 Å². The first-order valence-corrected chi connectivity index (χ1v) is 13.2. The fraction of sp³-hybridized carbons (Fsp3) is 0.552. The summed E-state index contributed by atoms with van der Waals surface area (Å²) in [5.41, 5.74) is -0.651. The fourth-order valence-corrected chi connectivity index (χ4v) is 7.08. The van der Waals surface area contributed by atoms with Crippen LogP contribution in [0.3, 0.4) is 0 Å². The topological polar surface area (TPSA) is 135 Å². The van der Waals surface area contributed by atoms with Gasteiger partial charge in [0, 0.05) is 37.7 Å². The van der Waals surface area contributed by atoms with Gasteiger partial charge in [0.25, 0.3) is 0 Å². The summed E-state index contributed by atoms with van der Waals surface area (Å²) in [4.78, 5) is 40.3. The number of allylic oxidation sites excluding steroid dienone is 1. The molecule has 1 aromatic carbocycles. The van der Waals surface area contributed by atoms with Gasteiger partial charge in [0.1, 0.15) is 22.8 Å². The lowest BCUT2D eigenvalue weighted by Crippen LogP contribution is -2.57. The van der Waals surface area contributed by atoms with E-state index in [1.54, 1.807) is 0 Å². The van der Waals surface area contributed by atoms with Gasteiger partial charge < -0.3 is 25.3 Å². The Balaban J connectivity index is 1.63. The van der Waals surface area contributed by atoms with Crippen LogP contribution >= 0.6 is 0 Å². The molecule has 0 heterocycles. The third-order valence-corrected chi connectivity index (χ3v) is 9.00. The molecule has 0 unspecified atom stereocenters. The molecule has 0 saturated heterocycles. The molecule has 2 saturated carbocycles. The van der Waals surface area contributed by atoms with Gasteiger partial charge in [0.2, 0.25) is 5.78 Å². The van der Waals surface area contributed by atoms with Crippen molar-refractivity contribution >= 4 is 28.8 Å². The van der Waals surface area contributed by atoms with Crippen molar-refractivity contribution in [1.82, 2.24) is 0 Å². The van der Waals surface area contributed by atoms with E-state index >= 15 is 0 Å². The number of aromatic hydroxyl groups is 1. The molecule has 0 amide bonds. The number of phenolic OH excluding ortho intramolecular Hbond substituents is 1. The number of carbonyl (C=O) groups excluding carboxylic acids is 3. The molecule has 0 aromatic heterocycles. The number of phenols is 1. The number of carbonyl (C=O) groups is 3. The van der Waals surface area contributed by atoms with Gasteiger partial charge in [0.15, 0.2) is 17.2 Å². The standard InChI is InChI=1S/C29H35NO7/c1-14(31)22-21(32)13-18-10-17-11-19-20(30(2)3)12-16(9-8-15-6-4-5-7-15)25(33)24(19)26(34)23(17)28(36)29(18,37)27(22)35/h12,15,17-18,33-35,37H,4-11,13H2,1-3H3/t17-,18+,29-/m1/s1. The third-order valence-electron chi connectivity index (χ3n) is 9.00. The van der Waals surface area contributed by atoms with E-state index in [0.717, 1.165) is 19.0 Å². The minimum Gasteiger partial charge on any atom is -0.508 e. The number of aliphatic hydroxyl groups excluding tert-OH is 2. The van der Waals surface area contributed by atoms with Crippen LogP contribution in [0.4, 0.5) is 5.69 Å². The van der Waals surface area contributed by atoms with Crippen LogP contribution in [-0.2, 0) is 27.2 Å². The first kappa shape index (κ1) is 25.5. The summed E-state index contributed by atoms with van der Waals surface area (Å²) in [6, 6.07) is 1.96. The number of aliphatic hydroxyl groups is 3. The molecule has 3 atom stereocenters. The predicted octanol–water partition coefficient (Wildman–Crippen LogP) is 3.72. The van der Waals surface area contributed by atoms with Gasteiger partial charge >= 0.3 is 0 Å². The van der Waals surface area contributed by atoms with Gasteiger partial charge in [-0.2, -0.15) is 0 Å². The second-order valence-corrected chi connectivity index (χ2v) is 11.4. The molecule has 2 fully saturated rings. The van der Waals surface area contributed by atoms with E-state index in [1.807, 2.05) is 25.1 Å². The van der Waals surface area contributed by atoms with Crippen molar-refractivity contribution in [1.29, 1.82) is 0 Å². The summed E-state index contributed by atoms with van der Waals surface area (Å²) in [5, 5.41) is 45.1. The number of Topliss-reactive ketones (excluding diaryl/α,β-unsaturated/α-hetero) is 3. The highest BCUT2D eigenvalue weighted by molar-refractivity contribution is 6.23. The average Bonchev–Trinajstić information content (AvgIpc) is 3.34. The number of nitrogens with zero attached hydrogens (tertiary/aromatic N) is 1. The predicted molar refractivity (Wildman–Crippen MR) is 137 cm³/mol. The summed E-state index contributed by atoms with van der Waals surface area (Å²) in [7, 11) is 3.78. The maximum absolute atomic E-state index is 13.8. The molecule has 4 aliphatic carbocycles. The second-order valence-electron chi connectivity index (χ2n) is 11.4. The molecule has 198 valence electrons. The van der Waals surface area contributed by atoms with Gasteiger partial charge in [-0.3, -0.25) is 14.4 Å².